The number of ether oxygens (including phenoxy) is 1. The Morgan fingerprint density at radius 3 is 2.71 bits per heavy atom. The Balaban J connectivity index is 1.57. The van der Waals surface area contributed by atoms with Crippen molar-refractivity contribution < 1.29 is 4.74 Å². The van der Waals surface area contributed by atoms with Crippen molar-refractivity contribution >= 4 is 10.8 Å². The van der Waals surface area contributed by atoms with Crippen LogP contribution < -0.4 is 5.32 Å². The third-order valence-corrected chi connectivity index (χ3v) is 4.98. The molecule has 0 radical (unpaired) electrons. The summed E-state index contributed by atoms with van der Waals surface area (Å²) in [4.78, 5) is 0. The van der Waals surface area contributed by atoms with Crippen molar-refractivity contribution in [3.63, 3.8) is 0 Å². The van der Waals surface area contributed by atoms with Crippen LogP contribution in [0.1, 0.15) is 37.8 Å². The molecule has 3 unspecified atom stereocenters. The van der Waals surface area contributed by atoms with Crippen LogP contribution in [-0.2, 0) is 4.74 Å². The molecule has 1 N–H and O–H groups in total. The van der Waals surface area contributed by atoms with E-state index in [2.05, 4.69) is 54.7 Å². The predicted molar refractivity (Wildman–Crippen MR) is 86.4 cm³/mol. The number of rotatable bonds is 4. The van der Waals surface area contributed by atoms with Crippen LogP contribution in [0.25, 0.3) is 10.8 Å². The fourth-order valence-corrected chi connectivity index (χ4v) is 3.72. The van der Waals surface area contributed by atoms with E-state index < -0.39 is 0 Å². The van der Waals surface area contributed by atoms with E-state index in [4.69, 9.17) is 4.74 Å². The molecule has 2 aromatic carbocycles. The van der Waals surface area contributed by atoms with Gasteiger partial charge in [-0.2, -0.15) is 0 Å². The van der Waals surface area contributed by atoms with Crippen molar-refractivity contribution in [2.75, 3.05) is 6.61 Å². The van der Waals surface area contributed by atoms with Gasteiger partial charge < -0.3 is 10.1 Å². The Labute approximate surface area is 126 Å². The van der Waals surface area contributed by atoms with E-state index in [1.807, 2.05) is 0 Å². The molecule has 0 spiro atoms. The zero-order valence-corrected chi connectivity index (χ0v) is 12.6. The van der Waals surface area contributed by atoms with Crippen LogP contribution in [0.5, 0.6) is 0 Å². The topological polar surface area (TPSA) is 21.3 Å². The SMILES string of the molecule is CC(NC1CCOC1C1CC1)c1cccc2ccccc12. The molecule has 2 aromatic rings. The van der Waals surface area contributed by atoms with E-state index in [9.17, 15) is 0 Å². The fourth-order valence-electron chi connectivity index (χ4n) is 3.72. The summed E-state index contributed by atoms with van der Waals surface area (Å²) < 4.78 is 5.95. The van der Waals surface area contributed by atoms with E-state index in [1.54, 1.807) is 0 Å². The van der Waals surface area contributed by atoms with E-state index >= 15 is 0 Å². The van der Waals surface area contributed by atoms with E-state index in [-0.39, 0.29) is 0 Å². The fraction of sp³-hybridized carbons (Fsp3) is 0.474. The lowest BCUT2D eigenvalue weighted by atomic mass is 9.97. The smallest absolute Gasteiger partial charge is 0.0757 e. The molecule has 1 saturated carbocycles. The summed E-state index contributed by atoms with van der Waals surface area (Å²) in [5.41, 5.74) is 1.40. The largest absolute Gasteiger partial charge is 0.376 e. The number of nitrogens with one attached hydrogen (secondary N) is 1. The molecule has 1 aliphatic carbocycles. The molecule has 110 valence electrons. The minimum atomic E-state index is 0.365. The van der Waals surface area contributed by atoms with Crippen molar-refractivity contribution in [1.29, 1.82) is 0 Å². The second-order valence-electron chi connectivity index (χ2n) is 6.52. The Bertz CT molecular complexity index is 629. The zero-order valence-electron chi connectivity index (χ0n) is 12.6. The second kappa shape index (κ2) is 5.43. The monoisotopic (exact) mass is 281 g/mol. The van der Waals surface area contributed by atoms with Crippen molar-refractivity contribution in [1.82, 2.24) is 5.32 Å². The Morgan fingerprint density at radius 1 is 1.05 bits per heavy atom. The van der Waals surface area contributed by atoms with Gasteiger partial charge in [-0.25, -0.2) is 0 Å². The maximum Gasteiger partial charge on any atom is 0.0757 e. The van der Waals surface area contributed by atoms with Gasteiger partial charge in [0.2, 0.25) is 0 Å². The number of hydrogen-bond acceptors (Lipinski definition) is 2. The molecule has 3 atom stereocenters. The van der Waals surface area contributed by atoms with Gasteiger partial charge in [0.05, 0.1) is 6.10 Å². The molecule has 4 rings (SSSR count). The molecule has 2 fully saturated rings. The maximum atomic E-state index is 5.95. The summed E-state index contributed by atoms with van der Waals surface area (Å²) >= 11 is 0. The molecular weight excluding hydrogens is 258 g/mol. The number of benzene rings is 2. The first-order valence-electron chi connectivity index (χ1n) is 8.18. The van der Waals surface area contributed by atoms with Gasteiger partial charge in [-0.1, -0.05) is 42.5 Å². The average Bonchev–Trinajstić information content (AvgIpc) is 3.26. The summed E-state index contributed by atoms with van der Waals surface area (Å²) in [6.45, 7) is 3.20. The molecule has 2 heteroatoms. The average molecular weight is 281 g/mol. The van der Waals surface area contributed by atoms with Gasteiger partial charge >= 0.3 is 0 Å². The molecule has 0 aromatic heterocycles. The Kier molecular flexibility index (Phi) is 3.44. The molecule has 2 aliphatic rings. The van der Waals surface area contributed by atoms with Gasteiger partial charge in [0, 0.05) is 18.7 Å². The highest BCUT2D eigenvalue weighted by molar-refractivity contribution is 5.86. The molecule has 0 amide bonds. The maximum absolute atomic E-state index is 5.95. The van der Waals surface area contributed by atoms with Crippen LogP contribution in [0, 0.1) is 5.92 Å². The van der Waals surface area contributed by atoms with Crippen molar-refractivity contribution in [3.8, 4) is 0 Å². The minimum absolute atomic E-state index is 0.365. The summed E-state index contributed by atoms with van der Waals surface area (Å²) in [6.07, 6.45) is 4.30. The molecular formula is C19H23NO. The third kappa shape index (κ3) is 2.58. The quantitative estimate of drug-likeness (QED) is 0.912. The normalized spacial score (nSPS) is 27.1. The highest BCUT2D eigenvalue weighted by Gasteiger charge is 2.40. The summed E-state index contributed by atoms with van der Waals surface area (Å²) in [5, 5.41) is 6.52. The van der Waals surface area contributed by atoms with Crippen LogP contribution >= 0.6 is 0 Å². The third-order valence-electron chi connectivity index (χ3n) is 4.98. The van der Waals surface area contributed by atoms with Gasteiger partial charge in [0.15, 0.2) is 0 Å². The molecule has 1 aliphatic heterocycles. The summed E-state index contributed by atoms with van der Waals surface area (Å²) in [6, 6.07) is 16.2. The second-order valence-corrected chi connectivity index (χ2v) is 6.52. The van der Waals surface area contributed by atoms with Crippen LogP contribution in [0.4, 0.5) is 0 Å². The summed E-state index contributed by atoms with van der Waals surface area (Å²) in [5.74, 6) is 0.810. The van der Waals surface area contributed by atoms with Gasteiger partial charge in [-0.05, 0) is 48.4 Å². The number of hydrogen-bond donors (Lipinski definition) is 1. The molecule has 21 heavy (non-hydrogen) atoms. The van der Waals surface area contributed by atoms with Crippen LogP contribution in [0.15, 0.2) is 42.5 Å². The van der Waals surface area contributed by atoms with Crippen LogP contribution in [0.2, 0.25) is 0 Å². The minimum Gasteiger partial charge on any atom is -0.376 e. The van der Waals surface area contributed by atoms with Crippen molar-refractivity contribution in [3.05, 3.63) is 48.0 Å². The van der Waals surface area contributed by atoms with E-state index in [0.717, 1.165) is 18.9 Å². The molecule has 1 saturated heterocycles. The van der Waals surface area contributed by atoms with Gasteiger partial charge in [-0.3, -0.25) is 0 Å². The van der Waals surface area contributed by atoms with E-state index in [1.165, 1.54) is 29.2 Å². The van der Waals surface area contributed by atoms with E-state index in [0.29, 0.717) is 18.2 Å². The van der Waals surface area contributed by atoms with Crippen molar-refractivity contribution in [2.24, 2.45) is 5.92 Å². The zero-order chi connectivity index (χ0) is 14.2. The molecule has 0 bridgehead atoms. The Morgan fingerprint density at radius 2 is 1.86 bits per heavy atom. The lowest BCUT2D eigenvalue weighted by Crippen LogP contribution is -2.39. The summed E-state index contributed by atoms with van der Waals surface area (Å²) in [7, 11) is 0. The highest BCUT2D eigenvalue weighted by atomic mass is 16.5. The first kappa shape index (κ1) is 13.3. The van der Waals surface area contributed by atoms with Gasteiger partial charge in [0.1, 0.15) is 0 Å². The van der Waals surface area contributed by atoms with Gasteiger partial charge in [0.25, 0.3) is 0 Å². The first-order valence-corrected chi connectivity index (χ1v) is 8.18. The van der Waals surface area contributed by atoms with Crippen molar-refractivity contribution in [2.45, 2.75) is 44.4 Å². The predicted octanol–water partition coefficient (Wildman–Crippen LogP) is 4.06. The molecule has 1 heterocycles. The lowest BCUT2D eigenvalue weighted by molar-refractivity contribution is 0.0793. The lowest BCUT2D eigenvalue weighted by Gasteiger charge is -2.25. The number of fused-ring (bicyclic) bond motifs is 1. The van der Waals surface area contributed by atoms with Crippen LogP contribution in [0.3, 0.4) is 0 Å². The van der Waals surface area contributed by atoms with Crippen LogP contribution in [-0.4, -0.2) is 18.8 Å². The molecule has 2 nitrogen and oxygen atoms in total. The van der Waals surface area contributed by atoms with Gasteiger partial charge in [-0.15, -0.1) is 0 Å². The highest BCUT2D eigenvalue weighted by Crippen LogP contribution is 2.39. The Hall–Kier alpha value is -1.38. The standard InChI is InChI=1S/C19H23NO/c1-13(20-18-11-12-21-19(18)15-9-10-15)16-8-4-6-14-5-2-3-7-17(14)16/h2-8,13,15,18-20H,9-12H2,1H3. The first-order chi connectivity index (χ1) is 10.3.